The Balaban J connectivity index is 1.56. The Morgan fingerprint density at radius 1 is 1.04 bits per heavy atom. The maximum Gasteiger partial charge on any atom is 0.243 e. The molecule has 2 N–H and O–H groups in total. The second-order valence-corrected chi connectivity index (χ2v) is 12.0. The van der Waals surface area contributed by atoms with E-state index in [9.17, 15) is 9.18 Å². The van der Waals surface area contributed by atoms with Crippen molar-refractivity contribution in [1.82, 2.24) is 25.4 Å². The SMILES string of the molecule is C=CC(=O)NC(C)c1cc(-c2nc(-c3ccc4c(c3)CCN(C)CC4)c3c(c2-c2c(F)cc(F)cc2OCCOC)CCC3)n[nH]1. The number of aromatic nitrogens is 3. The molecule has 46 heavy (non-hydrogen) atoms. The van der Waals surface area contributed by atoms with Gasteiger partial charge in [-0.15, -0.1) is 0 Å². The number of hydrogen-bond acceptors (Lipinski definition) is 6. The van der Waals surface area contributed by atoms with Gasteiger partial charge < -0.3 is 19.7 Å². The van der Waals surface area contributed by atoms with Crippen LogP contribution < -0.4 is 10.1 Å². The summed E-state index contributed by atoms with van der Waals surface area (Å²) in [5, 5.41) is 10.5. The van der Waals surface area contributed by atoms with Gasteiger partial charge in [-0.3, -0.25) is 9.89 Å². The number of H-pyrrole nitrogens is 1. The number of fused-ring (bicyclic) bond motifs is 2. The number of ether oxygens (including phenoxy) is 2. The number of nitrogens with one attached hydrogen (secondary N) is 2. The monoisotopic (exact) mass is 627 g/mol. The lowest BCUT2D eigenvalue weighted by atomic mass is 9.89. The van der Waals surface area contributed by atoms with E-state index in [0.29, 0.717) is 29.1 Å². The van der Waals surface area contributed by atoms with Crippen molar-refractivity contribution in [2.24, 2.45) is 0 Å². The van der Waals surface area contributed by atoms with E-state index in [2.05, 4.69) is 52.2 Å². The largest absolute Gasteiger partial charge is 0.490 e. The number of benzene rings is 2. The van der Waals surface area contributed by atoms with Crippen LogP contribution in [0, 0.1) is 11.6 Å². The van der Waals surface area contributed by atoms with Gasteiger partial charge in [0.25, 0.3) is 0 Å². The van der Waals surface area contributed by atoms with Crippen LogP contribution >= 0.6 is 0 Å². The third-order valence-corrected chi connectivity index (χ3v) is 8.94. The first-order valence-corrected chi connectivity index (χ1v) is 15.7. The van der Waals surface area contributed by atoms with Crippen molar-refractivity contribution in [3.63, 3.8) is 0 Å². The maximum atomic E-state index is 16.0. The Bertz CT molecular complexity index is 1790. The molecule has 6 rings (SSSR count). The molecule has 1 amide bonds. The first kappa shape index (κ1) is 31.6. The average Bonchev–Trinajstić information content (AvgIpc) is 3.70. The first-order valence-electron chi connectivity index (χ1n) is 15.7. The van der Waals surface area contributed by atoms with Crippen molar-refractivity contribution in [3.05, 3.63) is 88.6 Å². The van der Waals surface area contributed by atoms with E-state index in [-0.39, 0.29) is 30.4 Å². The Morgan fingerprint density at radius 2 is 1.83 bits per heavy atom. The summed E-state index contributed by atoms with van der Waals surface area (Å²) < 4.78 is 41.7. The van der Waals surface area contributed by atoms with E-state index in [0.717, 1.165) is 67.2 Å². The van der Waals surface area contributed by atoms with Crippen LogP contribution in [-0.4, -0.2) is 66.4 Å². The van der Waals surface area contributed by atoms with Gasteiger partial charge in [0.15, 0.2) is 0 Å². The Hall–Kier alpha value is -4.41. The quantitative estimate of drug-likeness (QED) is 0.166. The number of rotatable bonds is 10. The Kier molecular flexibility index (Phi) is 9.28. The molecule has 0 saturated heterocycles. The van der Waals surface area contributed by atoms with Crippen LogP contribution in [0.15, 0.2) is 49.1 Å². The summed E-state index contributed by atoms with van der Waals surface area (Å²) >= 11 is 0. The van der Waals surface area contributed by atoms with E-state index < -0.39 is 17.7 Å². The highest BCUT2D eigenvalue weighted by Gasteiger charge is 2.31. The second kappa shape index (κ2) is 13.5. The van der Waals surface area contributed by atoms with Gasteiger partial charge in [0.2, 0.25) is 5.91 Å². The molecular weight excluding hydrogens is 588 g/mol. The smallest absolute Gasteiger partial charge is 0.243 e. The van der Waals surface area contributed by atoms with Crippen LogP contribution in [0.3, 0.4) is 0 Å². The number of halogens is 2. The zero-order chi connectivity index (χ0) is 32.4. The standard InChI is InChI=1S/C36H39F2N5O3/c1-5-32(44)39-21(2)29-20-30(42-41-29)36-33(34-28(38)18-25(37)19-31(34)46-16-15-45-4)26-7-6-8-27(26)35(40-36)24-10-9-22-11-13-43(3)14-12-23(22)17-24/h5,9-10,17-21H,1,6-8,11-16H2,2-4H3,(H,39,44)(H,41,42). The number of methoxy groups -OCH3 is 1. The molecular formula is C36H39F2N5O3. The summed E-state index contributed by atoms with van der Waals surface area (Å²) in [6.07, 6.45) is 5.50. The Labute approximate surface area is 267 Å². The molecule has 2 aromatic carbocycles. The van der Waals surface area contributed by atoms with Gasteiger partial charge >= 0.3 is 0 Å². The van der Waals surface area contributed by atoms with Gasteiger partial charge in [0.1, 0.15) is 29.7 Å². The molecule has 1 atom stereocenters. The predicted molar refractivity (Wildman–Crippen MR) is 174 cm³/mol. The fourth-order valence-electron chi connectivity index (χ4n) is 6.51. The highest BCUT2D eigenvalue weighted by Crippen LogP contribution is 2.47. The molecule has 1 aliphatic carbocycles. The summed E-state index contributed by atoms with van der Waals surface area (Å²) in [5.74, 6) is -1.71. The van der Waals surface area contributed by atoms with Crippen LogP contribution in [0.2, 0.25) is 0 Å². The third-order valence-electron chi connectivity index (χ3n) is 8.94. The van der Waals surface area contributed by atoms with Crippen LogP contribution in [0.4, 0.5) is 8.78 Å². The van der Waals surface area contributed by atoms with Crippen molar-refractivity contribution in [2.45, 2.75) is 45.1 Å². The number of amides is 1. The number of likely N-dealkylation sites (N-methyl/N-ethyl adjacent to an activating group) is 1. The van der Waals surface area contributed by atoms with E-state index in [1.165, 1.54) is 23.3 Å². The van der Waals surface area contributed by atoms with Crippen molar-refractivity contribution < 1.29 is 23.0 Å². The summed E-state index contributed by atoms with van der Waals surface area (Å²) in [6, 6.07) is 10.1. The molecule has 1 unspecified atom stereocenters. The minimum absolute atomic E-state index is 0.0796. The fraction of sp³-hybridized carbons (Fsp3) is 0.361. The molecule has 10 heteroatoms. The number of nitrogens with zero attached hydrogens (tertiary/aromatic N) is 3. The molecule has 8 nitrogen and oxygen atoms in total. The third kappa shape index (κ3) is 6.32. The summed E-state index contributed by atoms with van der Waals surface area (Å²) in [5.41, 5.74) is 8.78. The van der Waals surface area contributed by atoms with Crippen LogP contribution in [0.5, 0.6) is 5.75 Å². The van der Waals surface area contributed by atoms with Crippen LogP contribution in [0.25, 0.3) is 33.8 Å². The number of hydrogen-bond donors (Lipinski definition) is 2. The van der Waals surface area contributed by atoms with Crippen molar-refractivity contribution in [1.29, 1.82) is 0 Å². The van der Waals surface area contributed by atoms with Crippen LogP contribution in [-0.2, 0) is 35.2 Å². The number of carbonyl (C=O) groups excluding carboxylic acids is 1. The molecule has 2 aliphatic rings. The predicted octanol–water partition coefficient (Wildman–Crippen LogP) is 5.99. The minimum Gasteiger partial charge on any atom is -0.490 e. The van der Waals surface area contributed by atoms with E-state index in [4.69, 9.17) is 14.5 Å². The fourth-order valence-corrected chi connectivity index (χ4v) is 6.51. The van der Waals surface area contributed by atoms with E-state index in [1.54, 1.807) is 7.11 Å². The molecule has 240 valence electrons. The van der Waals surface area contributed by atoms with Gasteiger partial charge in [0, 0.05) is 43.5 Å². The molecule has 2 aromatic heterocycles. The van der Waals surface area contributed by atoms with Crippen LogP contribution in [0.1, 0.15) is 47.3 Å². The van der Waals surface area contributed by atoms with Crippen molar-refractivity contribution in [3.8, 4) is 39.5 Å². The lowest BCUT2D eigenvalue weighted by molar-refractivity contribution is -0.117. The number of pyridine rings is 1. The van der Waals surface area contributed by atoms with E-state index in [1.807, 2.05) is 13.0 Å². The molecule has 0 bridgehead atoms. The molecule has 0 spiro atoms. The highest BCUT2D eigenvalue weighted by molar-refractivity contribution is 5.90. The highest BCUT2D eigenvalue weighted by atomic mass is 19.1. The number of carbonyl (C=O) groups is 1. The van der Waals surface area contributed by atoms with Crippen molar-refractivity contribution >= 4 is 5.91 Å². The van der Waals surface area contributed by atoms with Gasteiger partial charge in [-0.2, -0.15) is 5.10 Å². The van der Waals surface area contributed by atoms with Gasteiger partial charge in [-0.1, -0.05) is 18.7 Å². The topological polar surface area (TPSA) is 92.4 Å². The van der Waals surface area contributed by atoms with E-state index >= 15 is 4.39 Å². The second-order valence-electron chi connectivity index (χ2n) is 12.0. The summed E-state index contributed by atoms with van der Waals surface area (Å²) in [4.78, 5) is 19.6. The molecule has 0 fully saturated rings. The molecule has 3 heterocycles. The number of aromatic amines is 1. The summed E-state index contributed by atoms with van der Waals surface area (Å²) in [6.45, 7) is 7.73. The lowest BCUT2D eigenvalue weighted by Crippen LogP contribution is -2.24. The molecule has 0 saturated carbocycles. The maximum absolute atomic E-state index is 16.0. The first-order chi connectivity index (χ1) is 22.3. The van der Waals surface area contributed by atoms with Gasteiger partial charge in [0.05, 0.1) is 35.3 Å². The normalized spacial score (nSPS) is 15.2. The Morgan fingerprint density at radius 3 is 2.61 bits per heavy atom. The van der Waals surface area contributed by atoms with Gasteiger partial charge in [-0.05, 0) is 86.5 Å². The zero-order valence-corrected chi connectivity index (χ0v) is 26.5. The minimum atomic E-state index is -0.742. The summed E-state index contributed by atoms with van der Waals surface area (Å²) in [7, 11) is 3.69. The molecule has 1 aliphatic heterocycles. The molecule has 0 radical (unpaired) electrons. The van der Waals surface area contributed by atoms with Crippen molar-refractivity contribution in [2.75, 3.05) is 40.5 Å². The lowest BCUT2D eigenvalue weighted by Gasteiger charge is -2.20. The molecule has 4 aromatic rings. The zero-order valence-electron chi connectivity index (χ0n) is 26.5. The van der Waals surface area contributed by atoms with Gasteiger partial charge in [-0.25, -0.2) is 13.8 Å². The average molecular weight is 628 g/mol.